The molecule has 20 heavy (non-hydrogen) atoms. The van der Waals surface area contributed by atoms with Gasteiger partial charge >= 0.3 is 5.97 Å². The number of aromatic nitrogens is 3. The highest BCUT2D eigenvalue weighted by Gasteiger charge is 2.53. The van der Waals surface area contributed by atoms with Crippen molar-refractivity contribution < 1.29 is 9.90 Å². The topological polar surface area (TPSA) is 68.0 Å². The largest absolute Gasteiger partial charge is 0.481 e. The number of carboxylic acid groups (broad SMARTS) is 1. The van der Waals surface area contributed by atoms with E-state index in [1.54, 1.807) is 0 Å². The summed E-state index contributed by atoms with van der Waals surface area (Å²) in [5.41, 5.74) is 0.118. The fourth-order valence-electron chi connectivity index (χ4n) is 5.61. The molecule has 4 aliphatic rings. The Morgan fingerprint density at radius 3 is 2.25 bits per heavy atom. The number of hydrogen-bond donors (Lipinski definition) is 1. The minimum absolute atomic E-state index is 0.0113. The molecule has 0 aliphatic heterocycles. The van der Waals surface area contributed by atoms with Crippen molar-refractivity contribution >= 4 is 5.97 Å². The van der Waals surface area contributed by atoms with Crippen LogP contribution in [0.5, 0.6) is 0 Å². The number of aryl methyl sites for hydroxylation is 1. The van der Waals surface area contributed by atoms with Crippen LogP contribution < -0.4 is 0 Å². The van der Waals surface area contributed by atoms with Crippen molar-refractivity contribution in [2.24, 2.45) is 17.8 Å². The molecule has 1 aromatic heterocycles. The maximum Gasteiger partial charge on any atom is 0.311 e. The Morgan fingerprint density at radius 2 is 1.75 bits per heavy atom. The molecule has 0 atom stereocenters. The molecule has 0 spiro atoms. The second kappa shape index (κ2) is 4.06. The van der Waals surface area contributed by atoms with Gasteiger partial charge in [0, 0.05) is 5.54 Å². The monoisotopic (exact) mass is 275 g/mol. The van der Waals surface area contributed by atoms with Crippen LogP contribution in [0.25, 0.3) is 0 Å². The van der Waals surface area contributed by atoms with E-state index in [4.69, 9.17) is 5.11 Å². The molecule has 4 fully saturated rings. The van der Waals surface area contributed by atoms with Crippen LogP contribution in [0.1, 0.15) is 50.2 Å². The zero-order valence-corrected chi connectivity index (χ0v) is 11.9. The number of rotatable bonds is 3. The normalized spacial score (nSPS) is 38.4. The molecule has 0 radical (unpaired) electrons. The van der Waals surface area contributed by atoms with Crippen molar-refractivity contribution in [1.29, 1.82) is 0 Å². The van der Waals surface area contributed by atoms with Crippen LogP contribution in [0.15, 0.2) is 0 Å². The summed E-state index contributed by atoms with van der Waals surface area (Å²) in [6.45, 7) is 1.97. The van der Waals surface area contributed by atoms with Gasteiger partial charge in [-0.3, -0.25) is 4.79 Å². The van der Waals surface area contributed by atoms with Crippen LogP contribution in [0.4, 0.5) is 0 Å². The van der Waals surface area contributed by atoms with Crippen LogP contribution in [0.3, 0.4) is 0 Å². The van der Waals surface area contributed by atoms with Gasteiger partial charge in [-0.1, -0.05) is 0 Å². The van der Waals surface area contributed by atoms with Crippen LogP contribution >= 0.6 is 0 Å². The number of hydrogen-bond acceptors (Lipinski definition) is 3. The van der Waals surface area contributed by atoms with E-state index in [2.05, 4.69) is 14.8 Å². The van der Waals surface area contributed by atoms with Crippen LogP contribution in [0.2, 0.25) is 0 Å². The van der Waals surface area contributed by atoms with E-state index >= 15 is 0 Å². The zero-order valence-electron chi connectivity index (χ0n) is 11.9. The van der Waals surface area contributed by atoms with E-state index in [0.29, 0.717) is 5.82 Å². The maximum absolute atomic E-state index is 11.1. The number of carbonyl (C=O) groups is 1. The Bertz CT molecular complexity index is 528. The summed E-state index contributed by atoms with van der Waals surface area (Å²) >= 11 is 0. The number of nitrogens with zero attached hydrogens (tertiary/aromatic N) is 3. The van der Waals surface area contributed by atoms with Gasteiger partial charge in [0.2, 0.25) is 0 Å². The van der Waals surface area contributed by atoms with Gasteiger partial charge in [-0.15, -0.1) is 10.2 Å². The predicted octanol–water partition coefficient (Wildman–Crippen LogP) is 2.14. The molecule has 5 heteroatoms. The van der Waals surface area contributed by atoms with Gasteiger partial charge in [-0.05, 0) is 63.2 Å². The predicted molar refractivity (Wildman–Crippen MR) is 72.2 cm³/mol. The summed E-state index contributed by atoms with van der Waals surface area (Å²) in [6, 6.07) is 0. The highest BCUT2D eigenvalue weighted by Crippen LogP contribution is 2.59. The summed E-state index contributed by atoms with van der Waals surface area (Å²) in [5.74, 6) is 3.23. The van der Waals surface area contributed by atoms with Gasteiger partial charge < -0.3 is 9.67 Å². The summed E-state index contributed by atoms with van der Waals surface area (Å²) < 4.78 is 2.20. The highest BCUT2D eigenvalue weighted by atomic mass is 16.4. The summed E-state index contributed by atoms with van der Waals surface area (Å²) in [5, 5.41) is 17.4. The van der Waals surface area contributed by atoms with E-state index in [-0.39, 0.29) is 12.0 Å². The molecule has 1 heterocycles. The molecular formula is C15H21N3O2. The van der Waals surface area contributed by atoms with Gasteiger partial charge in [0.1, 0.15) is 18.1 Å². The zero-order chi connectivity index (χ0) is 13.9. The summed E-state index contributed by atoms with van der Waals surface area (Å²) in [6.07, 6.45) is 7.74. The lowest BCUT2D eigenvalue weighted by atomic mass is 9.53. The van der Waals surface area contributed by atoms with Crippen molar-refractivity contribution in [2.75, 3.05) is 0 Å². The molecule has 4 aliphatic carbocycles. The number of carboxylic acids is 1. The van der Waals surface area contributed by atoms with Crippen LogP contribution in [-0.2, 0) is 16.8 Å². The first-order valence-corrected chi connectivity index (χ1v) is 7.69. The van der Waals surface area contributed by atoms with Crippen LogP contribution in [-0.4, -0.2) is 25.8 Å². The van der Waals surface area contributed by atoms with Gasteiger partial charge in [-0.25, -0.2) is 0 Å². The number of aliphatic carboxylic acids is 1. The van der Waals surface area contributed by atoms with Crippen molar-refractivity contribution in [3.63, 3.8) is 0 Å². The Hall–Kier alpha value is -1.39. The molecule has 108 valence electrons. The van der Waals surface area contributed by atoms with E-state index in [1.165, 1.54) is 38.5 Å². The van der Waals surface area contributed by atoms with Crippen molar-refractivity contribution in [2.45, 2.75) is 57.4 Å². The standard InChI is InChI=1S/C15H21N3O2/c1-9-16-17-13(5-14(19)20)18(9)15-6-10-2-11(7-15)4-12(3-10)8-15/h10-12H,2-8H2,1H3,(H,19,20). The van der Waals surface area contributed by atoms with Crippen molar-refractivity contribution in [3.05, 3.63) is 11.6 Å². The van der Waals surface area contributed by atoms with E-state index in [9.17, 15) is 4.79 Å². The second-order valence-electron chi connectivity index (χ2n) is 7.21. The van der Waals surface area contributed by atoms with Gasteiger partial charge in [0.05, 0.1) is 0 Å². The molecule has 4 bridgehead atoms. The Kier molecular flexibility index (Phi) is 2.51. The van der Waals surface area contributed by atoms with E-state index < -0.39 is 5.97 Å². The third kappa shape index (κ3) is 1.71. The first-order chi connectivity index (χ1) is 9.56. The van der Waals surface area contributed by atoms with Crippen molar-refractivity contribution in [3.8, 4) is 0 Å². The lowest BCUT2D eigenvalue weighted by molar-refractivity contribution is -0.136. The molecule has 1 N–H and O–H groups in total. The Balaban J connectivity index is 1.77. The van der Waals surface area contributed by atoms with Gasteiger partial charge in [0.15, 0.2) is 0 Å². The summed E-state index contributed by atoms with van der Waals surface area (Å²) in [7, 11) is 0. The fraction of sp³-hybridized carbons (Fsp3) is 0.800. The summed E-state index contributed by atoms with van der Waals surface area (Å²) in [4.78, 5) is 11.1. The Morgan fingerprint density at radius 1 is 1.20 bits per heavy atom. The van der Waals surface area contributed by atoms with Crippen molar-refractivity contribution in [1.82, 2.24) is 14.8 Å². The van der Waals surface area contributed by atoms with E-state index in [0.717, 1.165) is 23.6 Å². The molecule has 0 amide bonds. The molecular weight excluding hydrogens is 254 g/mol. The quantitative estimate of drug-likeness (QED) is 0.917. The molecule has 5 nitrogen and oxygen atoms in total. The molecule has 4 saturated carbocycles. The molecule has 0 unspecified atom stereocenters. The molecule has 5 rings (SSSR count). The minimum atomic E-state index is -0.816. The second-order valence-corrected chi connectivity index (χ2v) is 7.21. The maximum atomic E-state index is 11.1. The van der Waals surface area contributed by atoms with Crippen LogP contribution in [0, 0.1) is 24.7 Å². The average Bonchev–Trinajstić information content (AvgIpc) is 2.68. The lowest BCUT2D eigenvalue weighted by Gasteiger charge is -2.57. The average molecular weight is 275 g/mol. The van der Waals surface area contributed by atoms with Gasteiger partial charge in [0.25, 0.3) is 0 Å². The fourth-order valence-corrected chi connectivity index (χ4v) is 5.61. The molecule has 0 saturated heterocycles. The first kappa shape index (κ1) is 12.4. The lowest BCUT2D eigenvalue weighted by Crippen LogP contribution is -2.52. The smallest absolute Gasteiger partial charge is 0.311 e. The molecule has 0 aromatic carbocycles. The third-order valence-electron chi connectivity index (χ3n) is 5.68. The SMILES string of the molecule is Cc1nnc(CC(=O)O)n1C12CC3CC(CC(C3)C1)C2. The van der Waals surface area contributed by atoms with Gasteiger partial charge in [-0.2, -0.15) is 0 Å². The molecule has 1 aromatic rings. The highest BCUT2D eigenvalue weighted by molar-refractivity contribution is 5.69. The minimum Gasteiger partial charge on any atom is -0.481 e. The first-order valence-electron chi connectivity index (χ1n) is 7.69. The Labute approximate surface area is 118 Å². The third-order valence-corrected chi connectivity index (χ3v) is 5.68. The van der Waals surface area contributed by atoms with E-state index in [1.807, 2.05) is 6.92 Å².